The van der Waals surface area contributed by atoms with Crippen LogP contribution < -0.4 is 9.04 Å². The molecule has 0 radical (unpaired) electrons. The van der Waals surface area contributed by atoms with E-state index in [2.05, 4.69) is 0 Å². The number of sulfonamides is 1. The second-order valence-electron chi connectivity index (χ2n) is 7.23. The van der Waals surface area contributed by atoms with Crippen molar-refractivity contribution in [3.05, 3.63) is 54.1 Å². The molecule has 0 unspecified atom stereocenters. The van der Waals surface area contributed by atoms with Crippen molar-refractivity contribution in [1.29, 1.82) is 0 Å². The topological polar surface area (TPSA) is 66.9 Å². The average molecular weight is 417 g/mol. The van der Waals surface area contributed by atoms with Crippen LogP contribution in [0.2, 0.25) is 0 Å². The van der Waals surface area contributed by atoms with Crippen LogP contribution in [0.25, 0.3) is 0 Å². The molecule has 1 heterocycles. The van der Waals surface area contributed by atoms with Crippen molar-refractivity contribution < 1.29 is 17.9 Å². The summed E-state index contributed by atoms with van der Waals surface area (Å²) in [5.41, 5.74) is 0.972. The molecule has 0 aromatic heterocycles. The second-order valence-corrected chi connectivity index (χ2v) is 9.20. The van der Waals surface area contributed by atoms with Crippen LogP contribution in [0.3, 0.4) is 0 Å². The average Bonchev–Trinajstić information content (AvgIpc) is 2.72. The number of nitrogens with zero attached hydrogens (tertiary/aromatic N) is 2. The number of ether oxygens (including phenoxy) is 1. The molecule has 7 heteroatoms. The second kappa shape index (κ2) is 9.31. The fraction of sp³-hybridized carbons (Fsp3) is 0.409. The maximum absolute atomic E-state index is 13.0. The summed E-state index contributed by atoms with van der Waals surface area (Å²) in [4.78, 5) is 14.8. The Bertz CT molecular complexity index is 934. The van der Waals surface area contributed by atoms with E-state index in [1.165, 1.54) is 37.0 Å². The van der Waals surface area contributed by atoms with Crippen molar-refractivity contribution in [3.63, 3.8) is 0 Å². The highest BCUT2D eigenvalue weighted by atomic mass is 32.2. The minimum absolute atomic E-state index is 0.0334. The van der Waals surface area contributed by atoms with Crippen LogP contribution in [-0.4, -0.2) is 46.5 Å². The van der Waals surface area contributed by atoms with Crippen LogP contribution in [0.4, 0.5) is 5.69 Å². The van der Waals surface area contributed by atoms with E-state index in [0.717, 1.165) is 38.8 Å². The lowest BCUT2D eigenvalue weighted by Gasteiger charge is -2.25. The van der Waals surface area contributed by atoms with E-state index in [4.69, 9.17) is 4.74 Å². The Kier molecular flexibility index (Phi) is 6.79. The van der Waals surface area contributed by atoms with E-state index < -0.39 is 10.0 Å². The summed E-state index contributed by atoms with van der Waals surface area (Å²) in [6, 6.07) is 13.1. The lowest BCUT2D eigenvalue weighted by Crippen LogP contribution is -2.33. The third-order valence-electron chi connectivity index (χ3n) is 5.33. The van der Waals surface area contributed by atoms with Crippen molar-refractivity contribution in [3.8, 4) is 5.75 Å². The van der Waals surface area contributed by atoms with Gasteiger partial charge in [0.25, 0.3) is 15.9 Å². The zero-order valence-electron chi connectivity index (χ0n) is 17.0. The SMILES string of the molecule is COc1ccccc1N(C)S(=O)(=O)c1ccc(C(=O)N2CCCCCCC2)cc1. The van der Waals surface area contributed by atoms with Gasteiger partial charge in [-0.3, -0.25) is 9.10 Å². The third kappa shape index (κ3) is 4.72. The highest BCUT2D eigenvalue weighted by molar-refractivity contribution is 7.92. The molecule has 0 spiro atoms. The van der Waals surface area contributed by atoms with Crippen molar-refractivity contribution in [2.45, 2.75) is 37.0 Å². The number of hydrogen-bond acceptors (Lipinski definition) is 4. The van der Waals surface area contributed by atoms with E-state index in [-0.39, 0.29) is 10.8 Å². The summed E-state index contributed by atoms with van der Waals surface area (Å²) >= 11 is 0. The molecule has 0 N–H and O–H groups in total. The minimum Gasteiger partial charge on any atom is -0.495 e. The molecule has 0 atom stereocenters. The van der Waals surface area contributed by atoms with Gasteiger partial charge in [-0.25, -0.2) is 8.42 Å². The molecule has 29 heavy (non-hydrogen) atoms. The first-order chi connectivity index (χ1) is 13.9. The monoisotopic (exact) mass is 416 g/mol. The number of anilines is 1. The fourth-order valence-electron chi connectivity index (χ4n) is 3.58. The van der Waals surface area contributed by atoms with Crippen LogP contribution in [0.1, 0.15) is 42.5 Å². The molecule has 1 aliphatic heterocycles. The summed E-state index contributed by atoms with van der Waals surface area (Å²) in [7, 11) is -0.777. The van der Waals surface area contributed by atoms with Crippen molar-refractivity contribution in [2.75, 3.05) is 31.6 Å². The Labute approximate surface area is 173 Å². The molecule has 156 valence electrons. The molecule has 3 rings (SSSR count). The van der Waals surface area contributed by atoms with Gasteiger partial charge in [0, 0.05) is 25.7 Å². The van der Waals surface area contributed by atoms with Gasteiger partial charge in [-0.2, -0.15) is 0 Å². The van der Waals surface area contributed by atoms with Crippen LogP contribution in [0.5, 0.6) is 5.75 Å². The highest BCUT2D eigenvalue weighted by Crippen LogP contribution is 2.31. The largest absolute Gasteiger partial charge is 0.495 e. The molecular formula is C22H28N2O4S. The molecule has 1 fully saturated rings. The smallest absolute Gasteiger partial charge is 0.264 e. The van der Waals surface area contributed by atoms with Gasteiger partial charge in [-0.1, -0.05) is 31.4 Å². The van der Waals surface area contributed by atoms with Gasteiger partial charge >= 0.3 is 0 Å². The number of carbonyl (C=O) groups excluding carboxylic acids is 1. The number of para-hydroxylation sites is 2. The lowest BCUT2D eigenvalue weighted by atomic mass is 10.1. The minimum atomic E-state index is -3.77. The Morgan fingerprint density at radius 2 is 1.52 bits per heavy atom. The van der Waals surface area contributed by atoms with Crippen LogP contribution in [0, 0.1) is 0 Å². The number of carbonyl (C=O) groups is 1. The van der Waals surface area contributed by atoms with E-state index in [9.17, 15) is 13.2 Å². The van der Waals surface area contributed by atoms with Crippen molar-refractivity contribution in [1.82, 2.24) is 4.90 Å². The predicted octanol–water partition coefficient (Wildman–Crippen LogP) is 3.93. The summed E-state index contributed by atoms with van der Waals surface area (Å²) in [6.45, 7) is 1.52. The van der Waals surface area contributed by atoms with Gasteiger partial charge in [-0.15, -0.1) is 0 Å². The van der Waals surface area contributed by atoms with Gasteiger partial charge in [0.1, 0.15) is 5.75 Å². The van der Waals surface area contributed by atoms with E-state index in [0.29, 0.717) is 17.0 Å². The standard InChI is InChI=1S/C22H28N2O4S/c1-23(20-10-6-7-11-21(20)28-2)29(26,27)19-14-12-18(13-15-19)22(25)24-16-8-4-3-5-9-17-24/h6-7,10-15H,3-5,8-9,16-17H2,1-2H3. The first-order valence-electron chi connectivity index (χ1n) is 9.96. The number of amides is 1. The van der Waals surface area contributed by atoms with Gasteiger partial charge in [-0.05, 0) is 49.2 Å². The molecule has 2 aromatic carbocycles. The van der Waals surface area contributed by atoms with Gasteiger partial charge in [0.05, 0.1) is 17.7 Å². The Morgan fingerprint density at radius 1 is 0.931 bits per heavy atom. The van der Waals surface area contributed by atoms with Crippen LogP contribution in [0.15, 0.2) is 53.4 Å². The van der Waals surface area contributed by atoms with E-state index >= 15 is 0 Å². The van der Waals surface area contributed by atoms with Gasteiger partial charge in [0.2, 0.25) is 0 Å². The fourth-order valence-corrected chi connectivity index (χ4v) is 4.79. The predicted molar refractivity (Wildman–Crippen MR) is 114 cm³/mol. The molecule has 1 saturated heterocycles. The maximum atomic E-state index is 13.0. The number of methoxy groups -OCH3 is 1. The molecule has 2 aromatic rings. The van der Waals surface area contributed by atoms with Crippen molar-refractivity contribution in [2.24, 2.45) is 0 Å². The van der Waals surface area contributed by atoms with Crippen LogP contribution in [-0.2, 0) is 10.0 Å². The molecular weight excluding hydrogens is 388 g/mol. The zero-order valence-corrected chi connectivity index (χ0v) is 17.8. The molecule has 1 aliphatic rings. The normalized spacial score (nSPS) is 15.3. The number of hydrogen-bond donors (Lipinski definition) is 0. The first kappa shape index (κ1) is 21.2. The van der Waals surface area contributed by atoms with E-state index in [1.54, 1.807) is 36.4 Å². The summed E-state index contributed by atoms with van der Waals surface area (Å²) in [5, 5.41) is 0. The molecule has 1 amide bonds. The van der Waals surface area contributed by atoms with Crippen molar-refractivity contribution >= 4 is 21.6 Å². The quantitative estimate of drug-likeness (QED) is 0.741. The Morgan fingerprint density at radius 3 is 2.14 bits per heavy atom. The number of rotatable bonds is 5. The summed E-state index contributed by atoms with van der Waals surface area (Å²) in [6.07, 6.45) is 5.56. The lowest BCUT2D eigenvalue weighted by molar-refractivity contribution is 0.0742. The molecule has 0 aliphatic carbocycles. The van der Waals surface area contributed by atoms with Gasteiger partial charge < -0.3 is 9.64 Å². The Balaban J connectivity index is 1.80. The molecule has 0 bridgehead atoms. The Hall–Kier alpha value is -2.54. The van der Waals surface area contributed by atoms with Crippen LogP contribution >= 0.6 is 0 Å². The first-order valence-corrected chi connectivity index (χ1v) is 11.4. The van der Waals surface area contributed by atoms with Gasteiger partial charge in [0.15, 0.2) is 0 Å². The number of benzene rings is 2. The van der Waals surface area contributed by atoms with E-state index in [1.807, 2.05) is 4.90 Å². The zero-order chi connectivity index (χ0) is 20.9. The summed E-state index contributed by atoms with van der Waals surface area (Å²) in [5.74, 6) is 0.441. The maximum Gasteiger partial charge on any atom is 0.264 e. The highest BCUT2D eigenvalue weighted by Gasteiger charge is 2.24. The summed E-state index contributed by atoms with van der Waals surface area (Å²) < 4.78 is 32.6. The number of likely N-dealkylation sites (tertiary alicyclic amines) is 1. The molecule has 6 nitrogen and oxygen atoms in total. The third-order valence-corrected chi connectivity index (χ3v) is 7.11. The molecule has 0 saturated carbocycles.